The zero-order valence-electron chi connectivity index (χ0n) is 33.4. The summed E-state index contributed by atoms with van der Waals surface area (Å²) in [5.41, 5.74) is 13.6. The Balaban J connectivity index is 0.927. The minimum absolute atomic E-state index is 0.0537. The molecule has 2 heterocycles. The molecule has 0 spiro atoms. The number of benzene rings is 8. The molecule has 1 atom stereocenters. The van der Waals surface area contributed by atoms with Gasteiger partial charge in [0.1, 0.15) is 17.0 Å². The third-order valence-corrected chi connectivity index (χ3v) is 12.9. The van der Waals surface area contributed by atoms with Crippen molar-refractivity contribution in [3.63, 3.8) is 0 Å². The molecular weight excluding hydrogens is 731 g/mol. The Morgan fingerprint density at radius 3 is 2.13 bits per heavy atom. The first-order valence-electron chi connectivity index (χ1n) is 20.8. The summed E-state index contributed by atoms with van der Waals surface area (Å²) in [6.45, 7) is 4.62. The Labute approximate surface area is 348 Å². The molecule has 0 amide bonds. The van der Waals surface area contributed by atoms with E-state index in [4.69, 9.17) is 19.4 Å². The van der Waals surface area contributed by atoms with Gasteiger partial charge in [0.2, 0.25) is 0 Å². The van der Waals surface area contributed by atoms with Crippen LogP contribution in [0.5, 0.6) is 0 Å². The standard InChI is InChI=1S/C56H39N3O/c1-56(2)48-20-9-8-18-45(48)46-28-25-41(33-49(46)56)55-58-53(35-13-4-3-5-14-35)57-54(59-55)40-16-10-15-38(31-40)44-19-11-21-51-52(44)47-32-37(26-29-50(47)60-51)36-24-27-43-39(30-36)23-22-34-12-6-7-17-42(34)43/h3-30,32-33,40H,31H2,1-2H3. The van der Waals surface area contributed by atoms with E-state index in [0.717, 1.165) is 50.9 Å². The van der Waals surface area contributed by atoms with E-state index in [2.05, 4.69) is 178 Å². The fraction of sp³-hybridized carbons (Fsp3) is 0.0893. The quantitative estimate of drug-likeness (QED) is 0.164. The lowest BCUT2D eigenvalue weighted by molar-refractivity contribution is 0.660. The van der Waals surface area contributed by atoms with E-state index in [0.29, 0.717) is 11.6 Å². The minimum Gasteiger partial charge on any atom is -0.456 e. The van der Waals surface area contributed by atoms with Crippen LogP contribution in [-0.2, 0) is 5.41 Å². The highest BCUT2D eigenvalue weighted by Crippen LogP contribution is 2.49. The van der Waals surface area contributed by atoms with Crippen molar-refractivity contribution in [2.45, 2.75) is 31.6 Å². The first kappa shape index (κ1) is 34.6. The van der Waals surface area contributed by atoms with Crippen LogP contribution in [0.3, 0.4) is 0 Å². The van der Waals surface area contributed by atoms with E-state index in [1.54, 1.807) is 0 Å². The molecule has 60 heavy (non-hydrogen) atoms. The zero-order valence-corrected chi connectivity index (χ0v) is 33.4. The number of nitrogens with zero attached hydrogens (tertiary/aromatic N) is 3. The molecular formula is C56H39N3O. The van der Waals surface area contributed by atoms with Crippen molar-refractivity contribution < 1.29 is 4.42 Å². The molecule has 2 aliphatic carbocycles. The SMILES string of the molecule is CC1(C)c2ccccc2-c2ccc(-c3nc(-c4ccccc4)nc(C4C=CC=C(c5cccc6oc7ccc(-c8ccc9c(ccc%10ccccc%109)c8)cc7c56)C4)n3)cc21. The highest BCUT2D eigenvalue weighted by atomic mass is 16.3. The Hall–Kier alpha value is -7.43. The molecule has 12 rings (SSSR count). The first-order chi connectivity index (χ1) is 29.5. The number of rotatable bonds is 5. The van der Waals surface area contributed by atoms with Crippen LogP contribution in [0.15, 0.2) is 186 Å². The molecule has 4 nitrogen and oxygen atoms in total. The number of hydrogen-bond donors (Lipinski definition) is 0. The second kappa shape index (κ2) is 13.3. The van der Waals surface area contributed by atoms with Crippen LogP contribution in [0.25, 0.3) is 94.1 Å². The lowest BCUT2D eigenvalue weighted by Crippen LogP contribution is -2.15. The third kappa shape index (κ3) is 5.48. The van der Waals surface area contributed by atoms with Gasteiger partial charge < -0.3 is 4.42 Å². The number of furan rings is 1. The summed E-state index contributed by atoms with van der Waals surface area (Å²) in [5, 5.41) is 7.27. The van der Waals surface area contributed by atoms with Crippen LogP contribution >= 0.6 is 0 Å². The summed E-state index contributed by atoms with van der Waals surface area (Å²) in [6.07, 6.45) is 7.37. The predicted octanol–water partition coefficient (Wildman–Crippen LogP) is 14.5. The average molecular weight is 770 g/mol. The van der Waals surface area contributed by atoms with Crippen LogP contribution in [0.4, 0.5) is 0 Å². The van der Waals surface area contributed by atoms with Crippen molar-refractivity contribution >= 4 is 49.1 Å². The molecule has 8 aromatic carbocycles. The monoisotopic (exact) mass is 769 g/mol. The van der Waals surface area contributed by atoms with E-state index < -0.39 is 0 Å². The second-order valence-electron chi connectivity index (χ2n) is 16.7. The lowest BCUT2D eigenvalue weighted by Gasteiger charge is -2.22. The predicted molar refractivity (Wildman–Crippen MR) is 247 cm³/mol. The second-order valence-corrected chi connectivity index (χ2v) is 16.7. The molecule has 0 saturated carbocycles. The molecule has 0 radical (unpaired) electrons. The van der Waals surface area contributed by atoms with Crippen molar-refractivity contribution in [2.75, 3.05) is 0 Å². The van der Waals surface area contributed by atoms with E-state index in [9.17, 15) is 0 Å². The summed E-state index contributed by atoms with van der Waals surface area (Å²) < 4.78 is 6.52. The van der Waals surface area contributed by atoms with Gasteiger partial charge in [0.05, 0.1) is 0 Å². The summed E-state index contributed by atoms with van der Waals surface area (Å²) in [6, 6.07) is 58.6. The Morgan fingerprint density at radius 2 is 1.22 bits per heavy atom. The summed E-state index contributed by atoms with van der Waals surface area (Å²) in [5.74, 6) is 2.08. The molecule has 10 aromatic rings. The average Bonchev–Trinajstić information content (AvgIpc) is 3.80. The smallest absolute Gasteiger partial charge is 0.163 e. The van der Waals surface area contributed by atoms with Gasteiger partial charge in [0.15, 0.2) is 11.6 Å². The molecule has 4 heteroatoms. The van der Waals surface area contributed by atoms with Crippen molar-refractivity contribution in [1.29, 1.82) is 0 Å². The van der Waals surface area contributed by atoms with E-state index in [-0.39, 0.29) is 11.3 Å². The summed E-state index contributed by atoms with van der Waals surface area (Å²) >= 11 is 0. The maximum atomic E-state index is 6.52. The minimum atomic E-state index is -0.129. The normalized spacial score (nSPS) is 15.4. The number of fused-ring (bicyclic) bond motifs is 9. The molecule has 1 unspecified atom stereocenters. The molecule has 2 aliphatic rings. The van der Waals surface area contributed by atoms with Gasteiger partial charge in [-0.15, -0.1) is 0 Å². The Kier molecular flexibility index (Phi) is 7.67. The van der Waals surface area contributed by atoms with Crippen molar-refractivity contribution in [2.24, 2.45) is 0 Å². The van der Waals surface area contributed by atoms with Crippen molar-refractivity contribution in [3.8, 4) is 45.0 Å². The van der Waals surface area contributed by atoms with Crippen LogP contribution in [0, 0.1) is 0 Å². The zero-order chi connectivity index (χ0) is 40.0. The van der Waals surface area contributed by atoms with Crippen molar-refractivity contribution in [3.05, 3.63) is 205 Å². The first-order valence-corrected chi connectivity index (χ1v) is 20.8. The fourth-order valence-corrected chi connectivity index (χ4v) is 9.77. The van der Waals surface area contributed by atoms with Crippen LogP contribution in [-0.4, -0.2) is 15.0 Å². The highest BCUT2D eigenvalue weighted by Gasteiger charge is 2.35. The summed E-state index contributed by atoms with van der Waals surface area (Å²) in [4.78, 5) is 15.6. The number of aromatic nitrogens is 3. The third-order valence-electron chi connectivity index (χ3n) is 12.9. The maximum Gasteiger partial charge on any atom is 0.163 e. The van der Waals surface area contributed by atoms with Gasteiger partial charge >= 0.3 is 0 Å². The number of allylic oxidation sites excluding steroid dienone is 4. The van der Waals surface area contributed by atoms with Gasteiger partial charge in [-0.2, -0.15) is 0 Å². The van der Waals surface area contributed by atoms with Gasteiger partial charge in [-0.3, -0.25) is 0 Å². The molecule has 0 N–H and O–H groups in total. The molecule has 0 fully saturated rings. The molecule has 0 aliphatic heterocycles. The van der Waals surface area contributed by atoms with Gasteiger partial charge in [-0.05, 0) is 103 Å². The number of hydrogen-bond acceptors (Lipinski definition) is 4. The van der Waals surface area contributed by atoms with Crippen LogP contribution < -0.4 is 0 Å². The Morgan fingerprint density at radius 1 is 0.500 bits per heavy atom. The topological polar surface area (TPSA) is 51.8 Å². The van der Waals surface area contributed by atoms with Gasteiger partial charge in [-0.1, -0.05) is 166 Å². The van der Waals surface area contributed by atoms with E-state index in [1.165, 1.54) is 60.5 Å². The van der Waals surface area contributed by atoms with Crippen molar-refractivity contribution in [1.82, 2.24) is 15.0 Å². The maximum absolute atomic E-state index is 6.52. The van der Waals surface area contributed by atoms with E-state index in [1.807, 2.05) is 18.2 Å². The Bertz CT molecular complexity index is 3440. The largest absolute Gasteiger partial charge is 0.456 e. The molecule has 2 aromatic heterocycles. The van der Waals surface area contributed by atoms with Crippen LogP contribution in [0.2, 0.25) is 0 Å². The van der Waals surface area contributed by atoms with Crippen LogP contribution in [0.1, 0.15) is 48.7 Å². The van der Waals surface area contributed by atoms with Gasteiger partial charge in [0.25, 0.3) is 0 Å². The van der Waals surface area contributed by atoms with E-state index >= 15 is 0 Å². The summed E-state index contributed by atoms with van der Waals surface area (Å²) in [7, 11) is 0. The lowest BCUT2D eigenvalue weighted by atomic mass is 9.82. The van der Waals surface area contributed by atoms with Gasteiger partial charge in [0, 0.05) is 33.2 Å². The molecule has 284 valence electrons. The van der Waals surface area contributed by atoms with Gasteiger partial charge in [-0.25, -0.2) is 15.0 Å². The molecule has 0 bridgehead atoms. The fourth-order valence-electron chi connectivity index (χ4n) is 9.77. The highest BCUT2D eigenvalue weighted by molar-refractivity contribution is 6.12. The molecule has 0 saturated heterocycles.